The first-order valence-electron chi connectivity index (χ1n) is 13.5. The standard InChI is InChI=1S/C29H35N7O7/c30-21(14-19-15-32-16-33-19)26(39)35-23(13-18-6-8-20(37)9-7-18)28(41)36-24(12-17-4-2-1-3-5-17)27(40)34-22(29(42)43)10-11-25(31)38/h1-9,15-16,21-24,37H,10-14,30H2,(H2,31,38)(H,32,33)(H,34,40)(H,35,39)(H,36,41)(H,42,43). The van der Waals surface area contributed by atoms with E-state index in [2.05, 4.69) is 25.9 Å². The van der Waals surface area contributed by atoms with Crippen molar-refractivity contribution < 1.29 is 34.2 Å². The number of H-pyrrole nitrogens is 1. The molecule has 3 rings (SSSR count). The molecule has 4 amide bonds. The second-order valence-electron chi connectivity index (χ2n) is 9.97. The number of hydrogen-bond donors (Lipinski definition) is 8. The molecule has 0 aliphatic rings. The summed E-state index contributed by atoms with van der Waals surface area (Å²) in [5, 5.41) is 26.9. The molecule has 43 heavy (non-hydrogen) atoms. The highest BCUT2D eigenvalue weighted by atomic mass is 16.4. The quantitative estimate of drug-likeness (QED) is 0.104. The summed E-state index contributed by atoms with van der Waals surface area (Å²) in [6, 6.07) is 9.86. The van der Waals surface area contributed by atoms with Gasteiger partial charge in [0.2, 0.25) is 23.6 Å². The van der Waals surface area contributed by atoms with E-state index in [4.69, 9.17) is 11.5 Å². The van der Waals surface area contributed by atoms with E-state index in [1.54, 1.807) is 42.5 Å². The molecule has 0 radical (unpaired) electrons. The number of carbonyl (C=O) groups is 5. The highest BCUT2D eigenvalue weighted by Crippen LogP contribution is 2.13. The zero-order chi connectivity index (χ0) is 31.4. The third-order valence-electron chi connectivity index (χ3n) is 6.55. The van der Waals surface area contributed by atoms with Crippen LogP contribution < -0.4 is 27.4 Å². The molecule has 1 heterocycles. The van der Waals surface area contributed by atoms with Crippen LogP contribution in [-0.2, 0) is 43.2 Å². The van der Waals surface area contributed by atoms with Crippen molar-refractivity contribution in [2.24, 2.45) is 11.5 Å². The number of hydrogen-bond acceptors (Lipinski definition) is 8. The minimum Gasteiger partial charge on any atom is -0.508 e. The van der Waals surface area contributed by atoms with Gasteiger partial charge in [0.1, 0.15) is 23.9 Å². The minimum atomic E-state index is -1.43. The highest BCUT2D eigenvalue weighted by Gasteiger charge is 2.31. The average molecular weight is 594 g/mol. The molecule has 4 unspecified atom stereocenters. The summed E-state index contributed by atoms with van der Waals surface area (Å²) in [6.45, 7) is 0. The van der Waals surface area contributed by atoms with Crippen LogP contribution in [0.5, 0.6) is 5.75 Å². The lowest BCUT2D eigenvalue weighted by Crippen LogP contribution is -2.58. The summed E-state index contributed by atoms with van der Waals surface area (Å²) in [5.41, 5.74) is 13.1. The summed E-state index contributed by atoms with van der Waals surface area (Å²) >= 11 is 0. The van der Waals surface area contributed by atoms with Crippen molar-refractivity contribution in [3.05, 3.63) is 83.9 Å². The molecule has 0 bridgehead atoms. The van der Waals surface area contributed by atoms with Crippen molar-refractivity contribution >= 4 is 29.6 Å². The molecule has 14 heteroatoms. The zero-order valence-corrected chi connectivity index (χ0v) is 23.2. The molecular formula is C29H35N7O7. The van der Waals surface area contributed by atoms with Gasteiger partial charge in [-0.2, -0.15) is 0 Å². The first-order valence-corrected chi connectivity index (χ1v) is 13.5. The van der Waals surface area contributed by atoms with Crippen molar-refractivity contribution in [1.82, 2.24) is 25.9 Å². The summed E-state index contributed by atoms with van der Waals surface area (Å²) in [7, 11) is 0. The number of carboxylic acids is 1. The van der Waals surface area contributed by atoms with Crippen molar-refractivity contribution in [3.8, 4) is 5.75 Å². The van der Waals surface area contributed by atoms with Gasteiger partial charge in [-0.3, -0.25) is 19.2 Å². The number of aliphatic carboxylic acids is 1. The fourth-order valence-electron chi connectivity index (χ4n) is 4.23. The molecule has 1 aromatic heterocycles. The number of phenols is 1. The van der Waals surface area contributed by atoms with E-state index >= 15 is 0 Å². The van der Waals surface area contributed by atoms with Gasteiger partial charge >= 0.3 is 5.97 Å². The Hall–Kier alpha value is -5.24. The molecule has 0 aliphatic carbocycles. The van der Waals surface area contributed by atoms with Crippen LogP contribution in [-0.4, -0.2) is 73.9 Å². The molecule has 0 spiro atoms. The molecular weight excluding hydrogens is 558 g/mol. The number of rotatable bonds is 16. The van der Waals surface area contributed by atoms with E-state index < -0.39 is 53.8 Å². The zero-order valence-electron chi connectivity index (χ0n) is 23.2. The Labute approximate surface area is 247 Å². The number of imidazole rings is 1. The van der Waals surface area contributed by atoms with Crippen LogP contribution in [0.15, 0.2) is 67.1 Å². The van der Waals surface area contributed by atoms with Crippen LogP contribution in [0.1, 0.15) is 29.7 Å². The maximum absolute atomic E-state index is 13.6. The SMILES string of the molecule is NC(=O)CCC(NC(=O)C(Cc1ccccc1)NC(=O)C(Cc1ccc(O)cc1)NC(=O)C(N)Cc1cnc[nH]1)C(=O)O. The Kier molecular flexibility index (Phi) is 11.8. The number of nitrogens with one attached hydrogen (secondary N) is 4. The maximum atomic E-state index is 13.6. The van der Waals surface area contributed by atoms with E-state index in [1.807, 2.05) is 0 Å². The first-order chi connectivity index (χ1) is 20.5. The molecule has 10 N–H and O–H groups in total. The van der Waals surface area contributed by atoms with E-state index in [-0.39, 0.29) is 37.9 Å². The molecule has 2 aromatic carbocycles. The van der Waals surface area contributed by atoms with Crippen LogP contribution in [0.2, 0.25) is 0 Å². The number of benzene rings is 2. The summed E-state index contributed by atoms with van der Waals surface area (Å²) < 4.78 is 0. The molecule has 0 saturated heterocycles. The van der Waals surface area contributed by atoms with Crippen molar-refractivity contribution in [2.75, 3.05) is 0 Å². The number of aromatic amines is 1. The Morgan fingerprint density at radius 1 is 0.791 bits per heavy atom. The highest BCUT2D eigenvalue weighted by molar-refractivity contribution is 5.94. The lowest BCUT2D eigenvalue weighted by Gasteiger charge is -2.25. The van der Waals surface area contributed by atoms with Gasteiger partial charge in [0.15, 0.2) is 0 Å². The third-order valence-corrected chi connectivity index (χ3v) is 6.55. The van der Waals surface area contributed by atoms with Crippen molar-refractivity contribution in [2.45, 2.75) is 56.3 Å². The maximum Gasteiger partial charge on any atom is 0.326 e. The van der Waals surface area contributed by atoms with Gasteiger partial charge < -0.3 is 42.6 Å². The molecule has 0 saturated carbocycles. The average Bonchev–Trinajstić information content (AvgIpc) is 3.48. The van der Waals surface area contributed by atoms with Gasteiger partial charge in [0.25, 0.3) is 0 Å². The van der Waals surface area contributed by atoms with Gasteiger partial charge in [-0.05, 0) is 29.7 Å². The fraction of sp³-hybridized carbons (Fsp3) is 0.310. The largest absolute Gasteiger partial charge is 0.508 e. The van der Waals surface area contributed by atoms with Crippen LogP contribution in [0.4, 0.5) is 0 Å². The molecule has 0 fully saturated rings. The Balaban J connectivity index is 1.83. The molecule has 14 nitrogen and oxygen atoms in total. The molecule has 4 atom stereocenters. The lowest BCUT2D eigenvalue weighted by molar-refractivity contribution is -0.142. The number of amides is 4. The number of aromatic hydroxyl groups is 1. The van der Waals surface area contributed by atoms with E-state index in [0.717, 1.165) is 0 Å². The van der Waals surface area contributed by atoms with Crippen LogP contribution in [0.25, 0.3) is 0 Å². The number of phenolic OH excluding ortho intramolecular Hbond substituents is 1. The van der Waals surface area contributed by atoms with Gasteiger partial charge in [-0.15, -0.1) is 0 Å². The normalized spacial score (nSPS) is 13.6. The second-order valence-corrected chi connectivity index (χ2v) is 9.97. The molecule has 228 valence electrons. The Morgan fingerprint density at radius 2 is 1.35 bits per heavy atom. The van der Waals surface area contributed by atoms with E-state index in [0.29, 0.717) is 16.8 Å². The Morgan fingerprint density at radius 3 is 1.88 bits per heavy atom. The summed E-state index contributed by atoms with van der Waals surface area (Å²) in [4.78, 5) is 69.7. The smallest absolute Gasteiger partial charge is 0.326 e. The number of primary amides is 1. The number of nitrogens with two attached hydrogens (primary N) is 2. The Bertz CT molecular complexity index is 1380. The van der Waals surface area contributed by atoms with Crippen molar-refractivity contribution in [3.63, 3.8) is 0 Å². The lowest BCUT2D eigenvalue weighted by atomic mass is 10.0. The van der Waals surface area contributed by atoms with Gasteiger partial charge in [0, 0.05) is 37.6 Å². The van der Waals surface area contributed by atoms with Crippen LogP contribution in [0.3, 0.4) is 0 Å². The van der Waals surface area contributed by atoms with Crippen LogP contribution in [0, 0.1) is 0 Å². The number of aromatic nitrogens is 2. The minimum absolute atomic E-state index is 0.000213. The van der Waals surface area contributed by atoms with E-state index in [9.17, 15) is 34.2 Å². The van der Waals surface area contributed by atoms with Crippen LogP contribution >= 0.6 is 0 Å². The van der Waals surface area contributed by atoms with Gasteiger partial charge in [0.05, 0.1) is 12.4 Å². The molecule has 0 aliphatic heterocycles. The van der Waals surface area contributed by atoms with Crippen molar-refractivity contribution in [1.29, 1.82) is 0 Å². The van der Waals surface area contributed by atoms with E-state index in [1.165, 1.54) is 24.7 Å². The summed E-state index contributed by atoms with van der Waals surface area (Å²) in [5.74, 6) is -4.25. The predicted octanol–water partition coefficient (Wildman–Crippen LogP) is -0.725. The van der Waals surface area contributed by atoms with Gasteiger partial charge in [-0.25, -0.2) is 9.78 Å². The number of carboxylic acid groups (broad SMARTS) is 1. The third kappa shape index (κ3) is 10.6. The second kappa shape index (κ2) is 15.7. The fourth-order valence-corrected chi connectivity index (χ4v) is 4.23. The topological polar surface area (TPSA) is 243 Å². The number of nitrogens with zero attached hydrogens (tertiary/aromatic N) is 1. The summed E-state index contributed by atoms with van der Waals surface area (Å²) in [6.07, 6.45) is 2.57. The van der Waals surface area contributed by atoms with Gasteiger partial charge in [-0.1, -0.05) is 42.5 Å². The first kappa shape index (κ1) is 32.3. The number of carbonyl (C=O) groups excluding carboxylic acids is 4. The predicted molar refractivity (Wildman–Crippen MR) is 154 cm³/mol. The monoisotopic (exact) mass is 593 g/mol. The molecule has 3 aromatic rings.